The Balaban J connectivity index is 2.15. The number of nitrogens with two attached hydrogens (primary N) is 1. The fourth-order valence-corrected chi connectivity index (χ4v) is 3.08. The van der Waals surface area contributed by atoms with E-state index in [1.807, 2.05) is 0 Å². The number of sulfonamides is 1. The molecule has 0 aromatic heterocycles. The van der Waals surface area contributed by atoms with Gasteiger partial charge in [-0.15, -0.1) is 0 Å². The van der Waals surface area contributed by atoms with E-state index in [0.29, 0.717) is 16.8 Å². The molecule has 0 heterocycles. The highest BCUT2D eigenvalue weighted by Crippen LogP contribution is 2.14. The minimum Gasteiger partial charge on any atom is -0.389 e. The second kappa shape index (κ2) is 6.19. The summed E-state index contributed by atoms with van der Waals surface area (Å²) in [6, 6.07) is 11.8. The lowest BCUT2D eigenvalue weighted by atomic mass is 10.1. The second-order valence-electron chi connectivity index (χ2n) is 4.43. The van der Waals surface area contributed by atoms with Gasteiger partial charge in [0.2, 0.25) is 10.0 Å². The molecule has 0 saturated heterocycles. The summed E-state index contributed by atoms with van der Waals surface area (Å²) in [5.74, 6) is -0.650. The van der Waals surface area contributed by atoms with Crippen molar-refractivity contribution in [3.05, 3.63) is 65.5 Å². The molecule has 0 aliphatic rings. The number of hydrogen-bond acceptors (Lipinski definition) is 3. The van der Waals surface area contributed by atoms with Crippen molar-refractivity contribution in [1.82, 2.24) is 0 Å². The zero-order valence-corrected chi connectivity index (χ0v) is 12.5. The molecule has 0 atom stereocenters. The van der Waals surface area contributed by atoms with Gasteiger partial charge >= 0.3 is 0 Å². The van der Waals surface area contributed by atoms with E-state index in [1.54, 1.807) is 24.3 Å². The van der Waals surface area contributed by atoms with Gasteiger partial charge in [-0.25, -0.2) is 12.8 Å². The topological polar surface area (TPSA) is 72.2 Å². The van der Waals surface area contributed by atoms with Crippen LogP contribution in [-0.2, 0) is 15.8 Å². The van der Waals surface area contributed by atoms with Crippen LogP contribution >= 0.6 is 12.2 Å². The number of thiocarbonyl (C=S) groups is 1. The van der Waals surface area contributed by atoms with Crippen LogP contribution in [-0.4, -0.2) is 13.4 Å². The largest absolute Gasteiger partial charge is 0.389 e. The lowest BCUT2D eigenvalue weighted by Gasteiger charge is -2.09. The van der Waals surface area contributed by atoms with Crippen LogP contribution in [0.25, 0.3) is 0 Å². The van der Waals surface area contributed by atoms with Crippen molar-refractivity contribution in [3.8, 4) is 0 Å². The molecule has 4 nitrogen and oxygen atoms in total. The van der Waals surface area contributed by atoms with E-state index in [9.17, 15) is 12.8 Å². The summed E-state index contributed by atoms with van der Waals surface area (Å²) in [6.45, 7) is 0. The predicted molar refractivity (Wildman–Crippen MR) is 85.0 cm³/mol. The Labute approximate surface area is 127 Å². The number of nitrogens with one attached hydrogen (secondary N) is 1. The van der Waals surface area contributed by atoms with E-state index in [1.165, 1.54) is 24.3 Å². The third-order valence-corrected chi connectivity index (χ3v) is 4.18. The summed E-state index contributed by atoms with van der Waals surface area (Å²) in [6.07, 6.45) is 0. The van der Waals surface area contributed by atoms with Crippen molar-refractivity contribution in [2.75, 3.05) is 4.72 Å². The van der Waals surface area contributed by atoms with Gasteiger partial charge < -0.3 is 5.73 Å². The summed E-state index contributed by atoms with van der Waals surface area (Å²) in [7, 11) is -3.60. The predicted octanol–water partition coefficient (Wildman–Crippen LogP) is 2.40. The fourth-order valence-electron chi connectivity index (χ4n) is 1.77. The monoisotopic (exact) mass is 324 g/mol. The minimum atomic E-state index is -3.60. The Morgan fingerprint density at radius 3 is 2.48 bits per heavy atom. The minimum absolute atomic E-state index is 0.209. The highest BCUT2D eigenvalue weighted by atomic mass is 32.2. The summed E-state index contributed by atoms with van der Waals surface area (Å²) >= 11 is 4.86. The summed E-state index contributed by atoms with van der Waals surface area (Å²) in [5, 5.41) is 0. The molecule has 0 amide bonds. The molecule has 0 spiro atoms. The van der Waals surface area contributed by atoms with Crippen molar-refractivity contribution in [1.29, 1.82) is 0 Å². The number of rotatable bonds is 5. The Hall–Kier alpha value is -1.99. The molecule has 2 rings (SSSR count). The van der Waals surface area contributed by atoms with Gasteiger partial charge in [-0.1, -0.05) is 30.4 Å². The van der Waals surface area contributed by atoms with E-state index >= 15 is 0 Å². The van der Waals surface area contributed by atoms with E-state index in [4.69, 9.17) is 18.0 Å². The van der Waals surface area contributed by atoms with Crippen LogP contribution in [0.15, 0.2) is 48.5 Å². The first-order chi connectivity index (χ1) is 9.85. The molecule has 21 heavy (non-hydrogen) atoms. The number of anilines is 1. The number of hydrogen-bond donors (Lipinski definition) is 2. The molecule has 0 bridgehead atoms. The Kier molecular flexibility index (Phi) is 4.54. The molecule has 3 N–H and O–H groups in total. The molecular formula is C14H13FN2O2S2. The quantitative estimate of drug-likeness (QED) is 0.829. The van der Waals surface area contributed by atoms with Crippen molar-refractivity contribution < 1.29 is 12.8 Å². The highest BCUT2D eigenvalue weighted by Gasteiger charge is 2.12. The first-order valence-corrected chi connectivity index (χ1v) is 8.06. The molecule has 0 fully saturated rings. The van der Waals surface area contributed by atoms with Crippen LogP contribution in [0.3, 0.4) is 0 Å². The number of benzene rings is 2. The van der Waals surface area contributed by atoms with Crippen LogP contribution in [0.2, 0.25) is 0 Å². The van der Waals surface area contributed by atoms with Crippen molar-refractivity contribution >= 4 is 32.9 Å². The standard InChI is InChI=1S/C14H13FN2O2S2/c15-12-4-6-13(7-5-12)17-21(18,19)9-10-2-1-3-11(8-10)14(16)20/h1-8,17H,9H2,(H2,16,20). The summed E-state index contributed by atoms with van der Waals surface area (Å²) in [4.78, 5) is 0.209. The molecule has 0 radical (unpaired) electrons. The maximum Gasteiger partial charge on any atom is 0.236 e. The van der Waals surface area contributed by atoms with Crippen LogP contribution in [0, 0.1) is 5.82 Å². The van der Waals surface area contributed by atoms with E-state index < -0.39 is 15.8 Å². The van der Waals surface area contributed by atoms with Crippen molar-refractivity contribution in [2.45, 2.75) is 5.75 Å². The van der Waals surface area contributed by atoms with Gasteiger partial charge in [-0.05, 0) is 35.9 Å². The molecule has 0 aliphatic carbocycles. The van der Waals surface area contributed by atoms with E-state index in [2.05, 4.69) is 4.72 Å². The van der Waals surface area contributed by atoms with E-state index in [0.717, 1.165) is 0 Å². The SMILES string of the molecule is NC(=S)c1cccc(CS(=O)(=O)Nc2ccc(F)cc2)c1. The average Bonchev–Trinajstić information content (AvgIpc) is 2.41. The van der Waals surface area contributed by atoms with Gasteiger partial charge in [-0.2, -0.15) is 0 Å². The molecule has 0 aliphatic heterocycles. The maximum atomic E-state index is 12.8. The normalized spacial score (nSPS) is 11.1. The zero-order chi connectivity index (χ0) is 15.5. The van der Waals surface area contributed by atoms with Crippen LogP contribution in [0.1, 0.15) is 11.1 Å². The van der Waals surface area contributed by atoms with Crippen LogP contribution in [0.4, 0.5) is 10.1 Å². The molecule has 0 saturated carbocycles. The molecule has 2 aromatic rings. The molecular weight excluding hydrogens is 311 g/mol. The van der Waals surface area contributed by atoms with Crippen molar-refractivity contribution in [2.24, 2.45) is 5.73 Å². The molecule has 0 unspecified atom stereocenters. The zero-order valence-electron chi connectivity index (χ0n) is 10.9. The highest BCUT2D eigenvalue weighted by molar-refractivity contribution is 7.91. The fraction of sp³-hybridized carbons (Fsp3) is 0.0714. The van der Waals surface area contributed by atoms with Gasteiger partial charge in [0.1, 0.15) is 10.8 Å². The van der Waals surface area contributed by atoms with Gasteiger partial charge in [0.05, 0.1) is 5.75 Å². The van der Waals surface area contributed by atoms with Gasteiger partial charge in [0, 0.05) is 11.3 Å². The van der Waals surface area contributed by atoms with Crippen molar-refractivity contribution in [3.63, 3.8) is 0 Å². The molecule has 110 valence electrons. The first kappa shape index (κ1) is 15.4. The van der Waals surface area contributed by atoms with Gasteiger partial charge in [0.15, 0.2) is 0 Å². The molecule has 7 heteroatoms. The van der Waals surface area contributed by atoms with Gasteiger partial charge in [0.25, 0.3) is 0 Å². The average molecular weight is 324 g/mol. The second-order valence-corrected chi connectivity index (χ2v) is 6.59. The third kappa shape index (κ3) is 4.51. The smallest absolute Gasteiger partial charge is 0.236 e. The molecule has 2 aromatic carbocycles. The first-order valence-electron chi connectivity index (χ1n) is 6.00. The van der Waals surface area contributed by atoms with Crippen LogP contribution < -0.4 is 10.5 Å². The summed E-state index contributed by atoms with van der Waals surface area (Å²) in [5.41, 5.74) is 7.00. The van der Waals surface area contributed by atoms with Gasteiger partial charge in [-0.3, -0.25) is 4.72 Å². The van der Waals surface area contributed by atoms with Crippen LogP contribution in [0.5, 0.6) is 0 Å². The summed E-state index contributed by atoms with van der Waals surface area (Å²) < 4.78 is 39.3. The Morgan fingerprint density at radius 2 is 1.86 bits per heavy atom. The Morgan fingerprint density at radius 1 is 1.19 bits per heavy atom. The number of halogens is 1. The maximum absolute atomic E-state index is 12.8. The lowest BCUT2D eigenvalue weighted by molar-refractivity contribution is 0.600. The third-order valence-electron chi connectivity index (χ3n) is 2.69. The van der Waals surface area contributed by atoms with E-state index in [-0.39, 0.29) is 10.7 Å². The Bertz CT molecular complexity index is 759. The lowest BCUT2D eigenvalue weighted by Crippen LogP contribution is -2.16.